The first-order valence-electron chi connectivity index (χ1n) is 8.24. The van der Waals surface area contributed by atoms with Crippen LogP contribution in [0.1, 0.15) is 36.2 Å². The van der Waals surface area contributed by atoms with Crippen molar-refractivity contribution in [3.05, 3.63) is 35.3 Å². The molecule has 3 rings (SSSR count). The van der Waals surface area contributed by atoms with Crippen molar-refractivity contribution in [3.63, 3.8) is 0 Å². The Kier molecular flexibility index (Phi) is 5.48. The summed E-state index contributed by atoms with van der Waals surface area (Å²) in [5.74, 6) is 0.796. The third kappa shape index (κ3) is 3.76. The number of nitrogens with zero attached hydrogens (tertiary/aromatic N) is 1. The number of carbonyl (C=O) groups is 1. The van der Waals surface area contributed by atoms with E-state index in [9.17, 15) is 9.90 Å². The molecule has 128 valence electrons. The van der Waals surface area contributed by atoms with Gasteiger partial charge in [0.05, 0.1) is 18.8 Å². The van der Waals surface area contributed by atoms with Crippen molar-refractivity contribution >= 4 is 17.2 Å². The van der Waals surface area contributed by atoms with Gasteiger partial charge in [0.25, 0.3) is 5.91 Å². The van der Waals surface area contributed by atoms with Gasteiger partial charge in [0, 0.05) is 11.9 Å². The molecule has 6 heteroatoms. The molecular weight excluding hydrogens is 324 g/mol. The zero-order valence-electron chi connectivity index (χ0n) is 13.7. The largest absolute Gasteiger partial charge is 0.496 e. The maximum absolute atomic E-state index is 12.3. The summed E-state index contributed by atoms with van der Waals surface area (Å²) in [6, 6.07) is 7.60. The zero-order valence-corrected chi connectivity index (χ0v) is 14.5. The lowest BCUT2D eigenvalue weighted by Crippen LogP contribution is -2.35. The maximum atomic E-state index is 12.3. The highest BCUT2D eigenvalue weighted by Crippen LogP contribution is 2.32. The van der Waals surface area contributed by atoms with E-state index < -0.39 is 6.10 Å². The first-order chi connectivity index (χ1) is 11.7. The SMILES string of the molecule is COc1ccccc1-c1nc(C(=O)NCC(O)C2CCCC2)cs1. The zero-order chi connectivity index (χ0) is 16.9. The quantitative estimate of drug-likeness (QED) is 0.843. The molecule has 1 aromatic heterocycles. The lowest BCUT2D eigenvalue weighted by atomic mass is 10.0. The molecule has 1 heterocycles. The number of para-hydroxylation sites is 1. The van der Waals surface area contributed by atoms with Crippen LogP contribution in [0, 0.1) is 5.92 Å². The lowest BCUT2D eigenvalue weighted by molar-refractivity contribution is 0.0837. The average molecular weight is 346 g/mol. The van der Waals surface area contributed by atoms with E-state index in [-0.39, 0.29) is 12.5 Å². The van der Waals surface area contributed by atoms with Gasteiger partial charge in [-0.05, 0) is 30.9 Å². The predicted molar refractivity (Wildman–Crippen MR) is 94.4 cm³/mol. The molecular formula is C18H22N2O3S. The van der Waals surface area contributed by atoms with E-state index in [2.05, 4.69) is 10.3 Å². The van der Waals surface area contributed by atoms with E-state index in [0.29, 0.717) is 11.6 Å². The molecule has 2 aromatic rings. The van der Waals surface area contributed by atoms with Crippen LogP contribution in [0.2, 0.25) is 0 Å². The molecule has 1 aromatic carbocycles. The molecule has 0 saturated heterocycles. The first kappa shape index (κ1) is 16.9. The number of benzene rings is 1. The smallest absolute Gasteiger partial charge is 0.270 e. The minimum Gasteiger partial charge on any atom is -0.496 e. The Labute approximate surface area is 145 Å². The molecule has 1 amide bonds. The summed E-state index contributed by atoms with van der Waals surface area (Å²) in [5.41, 5.74) is 1.24. The fourth-order valence-corrected chi connectivity index (χ4v) is 3.95. The van der Waals surface area contributed by atoms with Crippen LogP contribution in [0.3, 0.4) is 0 Å². The Bertz CT molecular complexity index is 695. The van der Waals surface area contributed by atoms with E-state index in [1.165, 1.54) is 24.2 Å². The third-order valence-electron chi connectivity index (χ3n) is 4.49. The van der Waals surface area contributed by atoms with Crippen LogP contribution >= 0.6 is 11.3 Å². The van der Waals surface area contributed by atoms with Crippen molar-refractivity contribution in [1.82, 2.24) is 10.3 Å². The molecule has 2 N–H and O–H groups in total. The second-order valence-corrected chi connectivity index (χ2v) is 6.92. The molecule has 1 unspecified atom stereocenters. The molecule has 1 aliphatic rings. The molecule has 1 atom stereocenters. The van der Waals surface area contributed by atoms with Gasteiger partial charge in [-0.1, -0.05) is 25.0 Å². The summed E-state index contributed by atoms with van der Waals surface area (Å²) in [5, 5.41) is 15.4. The normalized spacial score (nSPS) is 16.1. The minimum atomic E-state index is -0.469. The number of hydrogen-bond acceptors (Lipinski definition) is 5. The predicted octanol–water partition coefficient (Wildman–Crippen LogP) is 3.10. The van der Waals surface area contributed by atoms with Crippen molar-refractivity contribution in [2.24, 2.45) is 5.92 Å². The molecule has 1 fully saturated rings. The van der Waals surface area contributed by atoms with E-state index in [1.54, 1.807) is 12.5 Å². The van der Waals surface area contributed by atoms with Gasteiger partial charge >= 0.3 is 0 Å². The van der Waals surface area contributed by atoms with Crippen molar-refractivity contribution in [2.45, 2.75) is 31.8 Å². The topological polar surface area (TPSA) is 71.5 Å². The number of methoxy groups -OCH3 is 1. The number of amides is 1. The van der Waals surface area contributed by atoms with Crippen LogP contribution in [-0.2, 0) is 0 Å². The highest BCUT2D eigenvalue weighted by molar-refractivity contribution is 7.13. The molecule has 24 heavy (non-hydrogen) atoms. The Morgan fingerprint density at radius 2 is 2.17 bits per heavy atom. The number of aliphatic hydroxyl groups excluding tert-OH is 1. The first-order valence-corrected chi connectivity index (χ1v) is 9.12. The molecule has 0 spiro atoms. The molecule has 0 radical (unpaired) electrons. The van der Waals surface area contributed by atoms with Crippen LogP contribution < -0.4 is 10.1 Å². The van der Waals surface area contributed by atoms with Crippen LogP contribution in [-0.4, -0.2) is 35.8 Å². The van der Waals surface area contributed by atoms with Gasteiger partial charge in [0.15, 0.2) is 0 Å². The van der Waals surface area contributed by atoms with Gasteiger partial charge in [-0.2, -0.15) is 0 Å². The molecule has 0 aliphatic heterocycles. The maximum Gasteiger partial charge on any atom is 0.270 e. The number of nitrogens with one attached hydrogen (secondary N) is 1. The van der Waals surface area contributed by atoms with Gasteiger partial charge in [-0.3, -0.25) is 4.79 Å². The van der Waals surface area contributed by atoms with E-state index in [0.717, 1.165) is 29.2 Å². The second kappa shape index (κ2) is 7.77. The highest BCUT2D eigenvalue weighted by atomic mass is 32.1. The molecule has 1 saturated carbocycles. The number of carbonyl (C=O) groups excluding carboxylic acids is 1. The fourth-order valence-electron chi connectivity index (χ4n) is 3.12. The monoisotopic (exact) mass is 346 g/mol. The summed E-state index contributed by atoms with van der Waals surface area (Å²) >= 11 is 1.41. The van der Waals surface area contributed by atoms with Gasteiger partial charge in [-0.25, -0.2) is 4.98 Å². The van der Waals surface area contributed by atoms with E-state index >= 15 is 0 Å². The average Bonchev–Trinajstić information content (AvgIpc) is 3.30. The summed E-state index contributed by atoms with van der Waals surface area (Å²) in [4.78, 5) is 16.7. The second-order valence-electron chi connectivity index (χ2n) is 6.06. The van der Waals surface area contributed by atoms with Gasteiger partial charge in [0.2, 0.25) is 0 Å². The van der Waals surface area contributed by atoms with Crippen LogP contribution in [0.25, 0.3) is 10.6 Å². The number of thiazole rings is 1. The fraction of sp³-hybridized carbons (Fsp3) is 0.444. The number of hydrogen-bond donors (Lipinski definition) is 2. The Morgan fingerprint density at radius 1 is 1.42 bits per heavy atom. The molecule has 0 bridgehead atoms. The summed E-state index contributed by atoms with van der Waals surface area (Å²) in [6.45, 7) is 0.283. The Morgan fingerprint density at radius 3 is 2.92 bits per heavy atom. The van der Waals surface area contributed by atoms with Crippen molar-refractivity contribution in [2.75, 3.05) is 13.7 Å². The Balaban J connectivity index is 1.63. The number of aliphatic hydroxyl groups is 1. The van der Waals surface area contributed by atoms with Crippen molar-refractivity contribution in [3.8, 4) is 16.3 Å². The summed E-state index contributed by atoms with van der Waals surface area (Å²) in [6.07, 6.45) is 3.97. The third-order valence-corrected chi connectivity index (χ3v) is 5.37. The van der Waals surface area contributed by atoms with Crippen LogP contribution in [0.4, 0.5) is 0 Å². The van der Waals surface area contributed by atoms with Gasteiger partial charge < -0.3 is 15.2 Å². The number of aromatic nitrogens is 1. The highest BCUT2D eigenvalue weighted by Gasteiger charge is 2.24. The summed E-state index contributed by atoms with van der Waals surface area (Å²) in [7, 11) is 1.62. The molecule has 5 nitrogen and oxygen atoms in total. The van der Waals surface area contributed by atoms with Crippen LogP contribution in [0.5, 0.6) is 5.75 Å². The van der Waals surface area contributed by atoms with Gasteiger partial charge in [-0.15, -0.1) is 11.3 Å². The summed E-state index contributed by atoms with van der Waals surface area (Å²) < 4.78 is 5.34. The van der Waals surface area contributed by atoms with E-state index in [4.69, 9.17) is 4.74 Å². The van der Waals surface area contributed by atoms with Gasteiger partial charge in [0.1, 0.15) is 16.5 Å². The lowest BCUT2D eigenvalue weighted by Gasteiger charge is -2.17. The standard InChI is InChI=1S/C18H22N2O3S/c1-23-16-9-5-4-8-13(16)18-20-14(11-24-18)17(22)19-10-15(21)12-6-2-3-7-12/h4-5,8-9,11-12,15,21H,2-3,6-7,10H2,1H3,(H,19,22). The van der Waals surface area contributed by atoms with E-state index in [1.807, 2.05) is 24.3 Å². The number of rotatable bonds is 6. The number of ether oxygens (including phenoxy) is 1. The van der Waals surface area contributed by atoms with Crippen molar-refractivity contribution in [1.29, 1.82) is 0 Å². The van der Waals surface area contributed by atoms with Crippen LogP contribution in [0.15, 0.2) is 29.6 Å². The minimum absolute atomic E-state index is 0.246. The Hall–Kier alpha value is -1.92. The van der Waals surface area contributed by atoms with Crippen molar-refractivity contribution < 1.29 is 14.6 Å². The molecule has 1 aliphatic carbocycles.